The summed E-state index contributed by atoms with van der Waals surface area (Å²) in [5, 5.41) is 6.58. The fraction of sp³-hybridized carbons (Fsp3) is 0.391. The summed E-state index contributed by atoms with van der Waals surface area (Å²) in [6.45, 7) is 5.95. The Morgan fingerprint density at radius 3 is 2.37 bits per heavy atom. The summed E-state index contributed by atoms with van der Waals surface area (Å²) in [7, 11) is 4.56. The fourth-order valence-electron chi connectivity index (χ4n) is 2.98. The number of methoxy groups -OCH3 is 3. The van der Waals surface area contributed by atoms with Crippen molar-refractivity contribution in [1.29, 1.82) is 0 Å². The van der Waals surface area contributed by atoms with Gasteiger partial charge in [0.25, 0.3) is 0 Å². The summed E-state index contributed by atoms with van der Waals surface area (Å²) < 4.78 is 15.5. The van der Waals surface area contributed by atoms with Crippen LogP contribution in [0.5, 0.6) is 11.5 Å². The number of aliphatic imine (C=N–C) groups is 1. The molecule has 0 bridgehead atoms. The Bertz CT molecular complexity index is 881. The van der Waals surface area contributed by atoms with Crippen LogP contribution in [0.3, 0.4) is 0 Å². The van der Waals surface area contributed by atoms with Crippen molar-refractivity contribution in [2.24, 2.45) is 4.99 Å². The van der Waals surface area contributed by atoms with Gasteiger partial charge in [-0.05, 0) is 55.2 Å². The van der Waals surface area contributed by atoms with Crippen LogP contribution in [0.15, 0.2) is 41.4 Å². The smallest absolute Gasteiger partial charge is 0.341 e. The van der Waals surface area contributed by atoms with Crippen molar-refractivity contribution in [1.82, 2.24) is 10.6 Å². The average molecular weight is 414 g/mol. The molecule has 0 aliphatic heterocycles. The minimum Gasteiger partial charge on any atom is -0.496 e. The lowest BCUT2D eigenvalue weighted by atomic mass is 10.1. The normalized spacial score (nSPS) is 11.0. The van der Waals surface area contributed by atoms with Crippen LogP contribution in [-0.4, -0.2) is 46.3 Å². The molecule has 0 radical (unpaired) electrons. The number of carbonyl (C=O) groups excluding carboxylic acids is 1. The zero-order valence-corrected chi connectivity index (χ0v) is 18.4. The zero-order valence-electron chi connectivity index (χ0n) is 18.4. The van der Waals surface area contributed by atoms with Crippen LogP contribution in [-0.2, 0) is 17.7 Å². The van der Waals surface area contributed by atoms with Crippen molar-refractivity contribution in [2.75, 3.05) is 34.4 Å². The number of hydrogen-bond donors (Lipinski definition) is 2. The number of ether oxygens (including phenoxy) is 3. The molecule has 0 amide bonds. The van der Waals surface area contributed by atoms with Crippen LogP contribution in [0, 0.1) is 6.92 Å². The summed E-state index contributed by atoms with van der Waals surface area (Å²) in [6.07, 6.45) is 0.843. The summed E-state index contributed by atoms with van der Waals surface area (Å²) in [4.78, 5) is 16.6. The molecule has 2 aromatic carbocycles. The van der Waals surface area contributed by atoms with Gasteiger partial charge in [-0.1, -0.05) is 18.2 Å². The van der Waals surface area contributed by atoms with Crippen molar-refractivity contribution < 1.29 is 19.0 Å². The second-order valence-electron chi connectivity index (χ2n) is 6.70. The SMILES string of the molecule is CCNC(=NCc1ccc(OC)c(C(=O)OC)c1)NCCc1ccc(C)c(OC)c1. The Morgan fingerprint density at radius 2 is 1.70 bits per heavy atom. The number of guanidine groups is 1. The Hall–Kier alpha value is -3.22. The maximum Gasteiger partial charge on any atom is 0.341 e. The molecule has 0 aliphatic carbocycles. The van der Waals surface area contributed by atoms with E-state index in [2.05, 4.69) is 33.8 Å². The predicted molar refractivity (Wildman–Crippen MR) is 119 cm³/mol. The van der Waals surface area contributed by atoms with Crippen LogP contribution in [0.2, 0.25) is 0 Å². The highest BCUT2D eigenvalue weighted by Crippen LogP contribution is 2.21. The number of aryl methyl sites for hydroxylation is 1. The van der Waals surface area contributed by atoms with Gasteiger partial charge >= 0.3 is 5.97 Å². The number of carbonyl (C=O) groups is 1. The van der Waals surface area contributed by atoms with Gasteiger partial charge < -0.3 is 24.8 Å². The van der Waals surface area contributed by atoms with E-state index < -0.39 is 5.97 Å². The van der Waals surface area contributed by atoms with E-state index in [1.807, 2.05) is 19.9 Å². The summed E-state index contributed by atoms with van der Waals surface area (Å²) in [5.74, 6) is 1.66. The molecular weight excluding hydrogens is 382 g/mol. The number of nitrogens with one attached hydrogen (secondary N) is 2. The third-order valence-electron chi connectivity index (χ3n) is 4.61. The second kappa shape index (κ2) is 11.7. The Balaban J connectivity index is 2.03. The number of nitrogens with zero attached hydrogens (tertiary/aromatic N) is 1. The van der Waals surface area contributed by atoms with Gasteiger partial charge in [0.1, 0.15) is 17.1 Å². The van der Waals surface area contributed by atoms with Gasteiger partial charge in [-0.15, -0.1) is 0 Å². The Labute approximate surface area is 178 Å². The molecule has 0 heterocycles. The number of rotatable bonds is 9. The molecule has 162 valence electrons. The molecule has 0 spiro atoms. The average Bonchev–Trinajstić information content (AvgIpc) is 2.77. The molecule has 2 N–H and O–H groups in total. The van der Waals surface area contributed by atoms with E-state index in [0.717, 1.165) is 36.4 Å². The molecule has 2 rings (SSSR count). The molecule has 0 aliphatic rings. The zero-order chi connectivity index (χ0) is 21.9. The molecule has 0 saturated carbocycles. The van der Waals surface area contributed by atoms with E-state index in [1.165, 1.54) is 19.8 Å². The lowest BCUT2D eigenvalue weighted by Gasteiger charge is -2.13. The molecule has 0 aromatic heterocycles. The van der Waals surface area contributed by atoms with Crippen LogP contribution >= 0.6 is 0 Å². The van der Waals surface area contributed by atoms with Gasteiger partial charge in [0.05, 0.1) is 27.9 Å². The van der Waals surface area contributed by atoms with Crippen molar-refractivity contribution >= 4 is 11.9 Å². The standard InChI is InChI=1S/C23H31N3O4/c1-6-24-23(25-12-11-17-8-7-16(2)21(14-17)29-4)26-15-18-9-10-20(28-3)19(13-18)22(27)30-5/h7-10,13-14H,6,11-12,15H2,1-5H3,(H2,24,25,26). The minimum absolute atomic E-state index is 0.388. The van der Waals surface area contributed by atoms with Gasteiger partial charge in [0.2, 0.25) is 0 Å². The quantitative estimate of drug-likeness (QED) is 0.374. The maximum atomic E-state index is 12.0. The first kappa shape index (κ1) is 23.1. The molecule has 0 unspecified atom stereocenters. The molecular formula is C23H31N3O4. The fourth-order valence-corrected chi connectivity index (χ4v) is 2.98. The van der Waals surface area contributed by atoms with Crippen LogP contribution in [0.25, 0.3) is 0 Å². The lowest BCUT2D eigenvalue weighted by molar-refractivity contribution is 0.0597. The summed E-state index contributed by atoms with van der Waals surface area (Å²) in [5.41, 5.74) is 3.59. The van der Waals surface area contributed by atoms with E-state index in [4.69, 9.17) is 14.2 Å². The van der Waals surface area contributed by atoms with Crippen LogP contribution in [0.1, 0.15) is 34.0 Å². The van der Waals surface area contributed by atoms with Gasteiger partial charge in [0, 0.05) is 13.1 Å². The summed E-state index contributed by atoms with van der Waals surface area (Å²) >= 11 is 0. The summed E-state index contributed by atoms with van der Waals surface area (Å²) in [6, 6.07) is 11.6. The first-order chi connectivity index (χ1) is 14.5. The van der Waals surface area contributed by atoms with Gasteiger partial charge in [0.15, 0.2) is 5.96 Å². The Kier molecular flexibility index (Phi) is 9.00. The molecule has 0 fully saturated rings. The van der Waals surface area contributed by atoms with E-state index in [1.54, 1.807) is 19.2 Å². The Morgan fingerprint density at radius 1 is 0.967 bits per heavy atom. The minimum atomic E-state index is -0.434. The molecule has 7 heteroatoms. The van der Waals surface area contributed by atoms with Crippen LogP contribution < -0.4 is 20.1 Å². The van der Waals surface area contributed by atoms with Crippen molar-refractivity contribution in [3.63, 3.8) is 0 Å². The lowest BCUT2D eigenvalue weighted by Crippen LogP contribution is -2.38. The number of esters is 1. The van der Waals surface area contributed by atoms with E-state index in [-0.39, 0.29) is 0 Å². The van der Waals surface area contributed by atoms with Crippen LogP contribution in [0.4, 0.5) is 0 Å². The molecule has 0 atom stereocenters. The van der Waals surface area contributed by atoms with E-state index in [9.17, 15) is 4.79 Å². The third kappa shape index (κ3) is 6.40. The monoisotopic (exact) mass is 413 g/mol. The molecule has 7 nitrogen and oxygen atoms in total. The highest BCUT2D eigenvalue weighted by molar-refractivity contribution is 5.92. The number of benzene rings is 2. The van der Waals surface area contributed by atoms with Gasteiger partial charge in [-0.2, -0.15) is 0 Å². The van der Waals surface area contributed by atoms with Crippen molar-refractivity contribution in [3.8, 4) is 11.5 Å². The molecule has 30 heavy (non-hydrogen) atoms. The molecule has 0 saturated heterocycles. The predicted octanol–water partition coefficient (Wildman–Crippen LogP) is 3.10. The maximum absolute atomic E-state index is 12.0. The first-order valence-electron chi connectivity index (χ1n) is 9.93. The highest BCUT2D eigenvalue weighted by atomic mass is 16.5. The second-order valence-corrected chi connectivity index (χ2v) is 6.70. The van der Waals surface area contributed by atoms with Crippen molar-refractivity contribution in [3.05, 3.63) is 58.7 Å². The highest BCUT2D eigenvalue weighted by Gasteiger charge is 2.13. The van der Waals surface area contributed by atoms with Gasteiger partial charge in [-0.25, -0.2) is 9.79 Å². The van der Waals surface area contributed by atoms with Gasteiger partial charge in [-0.3, -0.25) is 0 Å². The van der Waals surface area contributed by atoms with Crippen molar-refractivity contribution in [2.45, 2.75) is 26.8 Å². The first-order valence-corrected chi connectivity index (χ1v) is 9.93. The molecule has 2 aromatic rings. The largest absolute Gasteiger partial charge is 0.496 e. The topological polar surface area (TPSA) is 81.2 Å². The number of hydrogen-bond acceptors (Lipinski definition) is 5. The van der Waals surface area contributed by atoms with E-state index >= 15 is 0 Å². The van der Waals surface area contributed by atoms with E-state index in [0.29, 0.717) is 23.8 Å². The third-order valence-corrected chi connectivity index (χ3v) is 4.61.